The van der Waals surface area contributed by atoms with Crippen LogP contribution in [-0.2, 0) is 16.0 Å². The van der Waals surface area contributed by atoms with E-state index in [0.29, 0.717) is 0 Å². The number of furan rings is 1. The number of alkyl carbamates (subject to hydrolysis) is 1. The number of aliphatic carboxylic acids is 1. The summed E-state index contributed by atoms with van der Waals surface area (Å²) in [6.07, 6.45) is 0.886. The fourth-order valence-corrected chi connectivity index (χ4v) is 4.62. The lowest BCUT2D eigenvalue weighted by Crippen LogP contribution is -2.42. The Labute approximate surface area is 190 Å². The number of hydrogen-bond donors (Lipinski definition) is 2. The first kappa shape index (κ1) is 20.8. The summed E-state index contributed by atoms with van der Waals surface area (Å²) in [6.45, 7) is 2.05. The Balaban J connectivity index is 1.29. The van der Waals surface area contributed by atoms with Crippen LogP contribution in [0.15, 0.2) is 77.4 Å². The highest BCUT2D eigenvalue weighted by molar-refractivity contribution is 5.86. The van der Waals surface area contributed by atoms with Gasteiger partial charge in [0.2, 0.25) is 0 Å². The zero-order chi connectivity index (χ0) is 22.9. The Bertz CT molecular complexity index is 1310. The van der Waals surface area contributed by atoms with Crippen LogP contribution in [0.1, 0.15) is 28.2 Å². The first-order valence-electron chi connectivity index (χ1n) is 10.8. The average molecular weight is 441 g/mol. The van der Waals surface area contributed by atoms with Crippen molar-refractivity contribution in [2.24, 2.45) is 0 Å². The van der Waals surface area contributed by atoms with Crippen molar-refractivity contribution >= 4 is 23.0 Å². The largest absolute Gasteiger partial charge is 0.480 e. The lowest BCUT2D eigenvalue weighted by molar-refractivity contribution is -0.139. The molecule has 1 amide bonds. The van der Waals surface area contributed by atoms with Gasteiger partial charge in [0.25, 0.3) is 0 Å². The van der Waals surface area contributed by atoms with Gasteiger partial charge in [-0.25, -0.2) is 9.59 Å². The first-order valence-corrected chi connectivity index (χ1v) is 10.8. The van der Waals surface area contributed by atoms with Crippen molar-refractivity contribution in [1.82, 2.24) is 5.32 Å². The minimum Gasteiger partial charge on any atom is -0.480 e. The third-order valence-corrected chi connectivity index (χ3v) is 6.23. The SMILES string of the molecule is Cc1cccc2c(CC(NC(=O)OCC3c4ccccc4-c4ccccc43)C(=O)O)coc12. The summed E-state index contributed by atoms with van der Waals surface area (Å²) in [7, 11) is 0. The zero-order valence-corrected chi connectivity index (χ0v) is 18.1. The molecule has 6 nitrogen and oxygen atoms in total. The van der Waals surface area contributed by atoms with Crippen LogP contribution >= 0.6 is 0 Å². The molecule has 5 rings (SSSR count). The number of carbonyl (C=O) groups is 2. The second-order valence-corrected chi connectivity index (χ2v) is 8.28. The second-order valence-electron chi connectivity index (χ2n) is 8.28. The van der Waals surface area contributed by atoms with Gasteiger partial charge < -0.3 is 19.6 Å². The fraction of sp³-hybridized carbons (Fsp3) is 0.185. The standard InChI is InChI=1S/C27H23NO5/c1-16-7-6-12-18-17(14-32-25(16)18)13-24(26(29)30)28-27(31)33-15-23-21-10-4-2-8-19(21)20-9-3-5-11-22(20)23/h2-12,14,23-24H,13,15H2,1H3,(H,28,31)(H,29,30). The summed E-state index contributed by atoms with van der Waals surface area (Å²) < 4.78 is 11.1. The molecule has 1 heterocycles. The third kappa shape index (κ3) is 3.84. The van der Waals surface area contributed by atoms with Crippen LogP contribution in [0.25, 0.3) is 22.1 Å². The maximum Gasteiger partial charge on any atom is 0.407 e. The van der Waals surface area contributed by atoms with Crippen molar-refractivity contribution in [1.29, 1.82) is 0 Å². The second kappa shape index (κ2) is 8.47. The number of amides is 1. The van der Waals surface area contributed by atoms with Crippen molar-refractivity contribution in [3.8, 4) is 11.1 Å². The van der Waals surface area contributed by atoms with E-state index in [4.69, 9.17) is 9.15 Å². The van der Waals surface area contributed by atoms with Crippen LogP contribution in [-0.4, -0.2) is 29.8 Å². The molecule has 2 N–H and O–H groups in total. The zero-order valence-electron chi connectivity index (χ0n) is 18.1. The Morgan fingerprint density at radius 2 is 1.67 bits per heavy atom. The molecule has 4 aromatic rings. The number of benzene rings is 3. The lowest BCUT2D eigenvalue weighted by Gasteiger charge is -2.17. The number of ether oxygens (including phenoxy) is 1. The quantitative estimate of drug-likeness (QED) is 0.425. The van der Waals surface area contributed by atoms with Gasteiger partial charge in [-0.2, -0.15) is 0 Å². The van der Waals surface area contributed by atoms with E-state index >= 15 is 0 Å². The topological polar surface area (TPSA) is 88.8 Å². The van der Waals surface area contributed by atoms with E-state index < -0.39 is 18.1 Å². The average Bonchev–Trinajstić information content (AvgIpc) is 3.37. The summed E-state index contributed by atoms with van der Waals surface area (Å²) in [4.78, 5) is 24.4. The molecule has 1 aromatic heterocycles. The van der Waals surface area contributed by atoms with Gasteiger partial charge in [0.15, 0.2) is 0 Å². The number of nitrogens with one attached hydrogen (secondary N) is 1. The molecule has 0 saturated carbocycles. The normalized spacial score (nSPS) is 13.4. The molecule has 0 radical (unpaired) electrons. The Morgan fingerprint density at radius 3 is 2.33 bits per heavy atom. The molecule has 0 saturated heterocycles. The van der Waals surface area contributed by atoms with Crippen LogP contribution in [0.4, 0.5) is 4.79 Å². The van der Waals surface area contributed by atoms with E-state index in [2.05, 4.69) is 17.4 Å². The van der Waals surface area contributed by atoms with Gasteiger partial charge in [-0.05, 0) is 34.7 Å². The molecule has 6 heteroatoms. The molecule has 1 unspecified atom stereocenters. The summed E-state index contributed by atoms with van der Waals surface area (Å²) >= 11 is 0. The van der Waals surface area contributed by atoms with Gasteiger partial charge in [0.1, 0.15) is 18.2 Å². The highest BCUT2D eigenvalue weighted by atomic mass is 16.5. The van der Waals surface area contributed by atoms with E-state index in [1.165, 1.54) is 0 Å². The van der Waals surface area contributed by atoms with Crippen molar-refractivity contribution in [2.75, 3.05) is 6.61 Å². The van der Waals surface area contributed by atoms with Crippen molar-refractivity contribution in [3.63, 3.8) is 0 Å². The molecule has 0 fully saturated rings. The summed E-state index contributed by atoms with van der Waals surface area (Å²) in [6, 6.07) is 20.7. The van der Waals surface area contributed by atoms with E-state index in [1.807, 2.05) is 61.5 Å². The molecule has 166 valence electrons. The molecular formula is C27H23NO5. The van der Waals surface area contributed by atoms with Gasteiger partial charge in [-0.3, -0.25) is 0 Å². The highest BCUT2D eigenvalue weighted by Crippen LogP contribution is 2.44. The fourth-order valence-electron chi connectivity index (χ4n) is 4.62. The number of carboxylic acids is 1. The maximum atomic E-state index is 12.6. The molecule has 33 heavy (non-hydrogen) atoms. The lowest BCUT2D eigenvalue weighted by atomic mass is 9.98. The Kier molecular flexibility index (Phi) is 5.34. The molecule has 0 spiro atoms. The van der Waals surface area contributed by atoms with Crippen LogP contribution in [0, 0.1) is 6.92 Å². The number of para-hydroxylation sites is 1. The number of hydrogen-bond acceptors (Lipinski definition) is 4. The van der Waals surface area contributed by atoms with E-state index in [1.54, 1.807) is 6.26 Å². The maximum absolute atomic E-state index is 12.6. The number of rotatable bonds is 6. The number of fused-ring (bicyclic) bond motifs is 4. The van der Waals surface area contributed by atoms with Crippen LogP contribution in [0.5, 0.6) is 0 Å². The van der Waals surface area contributed by atoms with Crippen LogP contribution < -0.4 is 5.32 Å². The molecule has 1 atom stereocenters. The predicted molar refractivity (Wildman–Crippen MR) is 124 cm³/mol. The molecule has 1 aliphatic rings. The summed E-state index contributed by atoms with van der Waals surface area (Å²) in [5.74, 6) is -1.22. The van der Waals surface area contributed by atoms with Gasteiger partial charge in [-0.1, -0.05) is 66.7 Å². The third-order valence-electron chi connectivity index (χ3n) is 6.23. The van der Waals surface area contributed by atoms with Crippen molar-refractivity contribution in [3.05, 3.63) is 95.2 Å². The van der Waals surface area contributed by atoms with Gasteiger partial charge in [-0.15, -0.1) is 0 Å². The van der Waals surface area contributed by atoms with Crippen LogP contribution in [0.2, 0.25) is 0 Å². The Hall–Kier alpha value is -4.06. The number of aryl methyl sites for hydroxylation is 1. The smallest absolute Gasteiger partial charge is 0.407 e. The monoisotopic (exact) mass is 441 g/mol. The van der Waals surface area contributed by atoms with Crippen molar-refractivity contribution in [2.45, 2.75) is 25.3 Å². The minimum atomic E-state index is -1.14. The Morgan fingerprint density at radius 1 is 1.00 bits per heavy atom. The van der Waals surface area contributed by atoms with Crippen molar-refractivity contribution < 1.29 is 23.8 Å². The predicted octanol–water partition coefficient (Wildman–Crippen LogP) is 5.28. The summed E-state index contributed by atoms with van der Waals surface area (Å²) in [5, 5.41) is 13.0. The van der Waals surface area contributed by atoms with Gasteiger partial charge in [0.05, 0.1) is 6.26 Å². The molecule has 1 aliphatic carbocycles. The minimum absolute atomic E-state index is 0.0905. The molecule has 3 aromatic carbocycles. The van der Waals surface area contributed by atoms with Gasteiger partial charge in [0, 0.05) is 23.3 Å². The van der Waals surface area contributed by atoms with E-state index in [-0.39, 0.29) is 18.9 Å². The van der Waals surface area contributed by atoms with Gasteiger partial charge >= 0.3 is 12.1 Å². The first-order chi connectivity index (χ1) is 16.0. The summed E-state index contributed by atoms with van der Waals surface area (Å²) in [5.41, 5.74) is 6.87. The molecule has 0 bridgehead atoms. The number of carboxylic acid groups (broad SMARTS) is 1. The number of carbonyl (C=O) groups excluding carboxylic acids is 1. The van der Waals surface area contributed by atoms with E-state index in [9.17, 15) is 14.7 Å². The van der Waals surface area contributed by atoms with E-state index in [0.717, 1.165) is 44.3 Å². The molecular weight excluding hydrogens is 418 g/mol. The van der Waals surface area contributed by atoms with Crippen LogP contribution in [0.3, 0.4) is 0 Å². The highest BCUT2D eigenvalue weighted by Gasteiger charge is 2.30. The molecule has 0 aliphatic heterocycles.